The molecule has 0 bridgehead atoms. The number of amides is 1. The predicted octanol–water partition coefficient (Wildman–Crippen LogP) is 3.08. The van der Waals surface area contributed by atoms with Crippen molar-refractivity contribution in [2.45, 2.75) is 6.42 Å². The first kappa shape index (κ1) is 15.2. The van der Waals surface area contributed by atoms with Gasteiger partial charge in [-0.15, -0.1) is 0 Å². The van der Waals surface area contributed by atoms with Gasteiger partial charge in [-0.2, -0.15) is 0 Å². The summed E-state index contributed by atoms with van der Waals surface area (Å²) in [4.78, 5) is 15.0. The molecule has 1 heterocycles. The Morgan fingerprint density at radius 2 is 1.87 bits per heavy atom. The number of halogens is 1. The number of H-pyrrole nitrogens is 1. The molecule has 0 radical (unpaired) electrons. The number of nitrogens with one attached hydrogen (secondary N) is 3. The number of benzene rings is 2. The second-order valence-corrected chi connectivity index (χ2v) is 5.34. The molecular weight excluding hydrogens is 293 g/mol. The number of hydrogen-bond acceptors (Lipinski definition) is 2. The van der Waals surface area contributed by atoms with Crippen LogP contribution in [0.2, 0.25) is 0 Å². The number of carbonyl (C=O) groups excluding carboxylic acids is 1. The van der Waals surface area contributed by atoms with E-state index in [0.717, 1.165) is 11.9 Å². The van der Waals surface area contributed by atoms with E-state index in [1.165, 1.54) is 23.1 Å². The van der Waals surface area contributed by atoms with Crippen molar-refractivity contribution in [3.63, 3.8) is 0 Å². The maximum absolute atomic E-state index is 12.8. The summed E-state index contributed by atoms with van der Waals surface area (Å²) in [5.41, 5.74) is 2.94. The predicted molar refractivity (Wildman–Crippen MR) is 89.9 cm³/mol. The van der Waals surface area contributed by atoms with E-state index in [2.05, 4.69) is 21.7 Å². The second-order valence-electron chi connectivity index (χ2n) is 5.34. The van der Waals surface area contributed by atoms with Crippen LogP contribution < -0.4 is 10.6 Å². The van der Waals surface area contributed by atoms with Gasteiger partial charge in [-0.3, -0.25) is 4.79 Å². The number of fused-ring (bicyclic) bond motifs is 1. The monoisotopic (exact) mass is 311 g/mol. The summed E-state index contributed by atoms with van der Waals surface area (Å²) >= 11 is 0. The van der Waals surface area contributed by atoms with E-state index in [0.29, 0.717) is 12.2 Å². The molecule has 5 heteroatoms. The fraction of sp³-hybridized carbons (Fsp3) is 0.167. The normalized spacial score (nSPS) is 10.8. The summed E-state index contributed by atoms with van der Waals surface area (Å²) in [6.45, 7) is 0.929. The lowest BCUT2D eigenvalue weighted by Crippen LogP contribution is -2.29. The van der Waals surface area contributed by atoms with E-state index in [9.17, 15) is 9.18 Å². The smallest absolute Gasteiger partial charge is 0.238 e. The van der Waals surface area contributed by atoms with Gasteiger partial charge >= 0.3 is 0 Å². The highest BCUT2D eigenvalue weighted by molar-refractivity contribution is 5.92. The maximum atomic E-state index is 12.8. The molecule has 0 atom stereocenters. The molecule has 1 amide bonds. The van der Waals surface area contributed by atoms with Crippen molar-refractivity contribution in [3.05, 3.63) is 66.1 Å². The zero-order chi connectivity index (χ0) is 16.1. The average molecular weight is 311 g/mol. The second kappa shape index (κ2) is 7.07. The van der Waals surface area contributed by atoms with Crippen molar-refractivity contribution < 1.29 is 9.18 Å². The molecule has 118 valence electrons. The first-order chi connectivity index (χ1) is 11.2. The topological polar surface area (TPSA) is 56.9 Å². The number of anilines is 1. The Balaban J connectivity index is 1.44. The number of para-hydroxylation sites is 1. The van der Waals surface area contributed by atoms with Gasteiger partial charge in [-0.1, -0.05) is 18.2 Å². The van der Waals surface area contributed by atoms with Crippen LogP contribution in [0.5, 0.6) is 0 Å². The van der Waals surface area contributed by atoms with Crippen LogP contribution in [0.25, 0.3) is 10.9 Å². The molecule has 0 unspecified atom stereocenters. The third kappa shape index (κ3) is 3.96. The summed E-state index contributed by atoms with van der Waals surface area (Å²) in [5, 5.41) is 7.05. The first-order valence-electron chi connectivity index (χ1n) is 7.53. The van der Waals surface area contributed by atoms with E-state index in [1.54, 1.807) is 12.1 Å². The van der Waals surface area contributed by atoms with Crippen molar-refractivity contribution in [1.82, 2.24) is 10.3 Å². The summed E-state index contributed by atoms with van der Waals surface area (Å²) in [7, 11) is 0. The van der Waals surface area contributed by atoms with Crippen LogP contribution in [-0.2, 0) is 11.2 Å². The molecule has 0 saturated heterocycles. The van der Waals surface area contributed by atoms with Crippen molar-refractivity contribution in [1.29, 1.82) is 0 Å². The minimum atomic E-state index is -0.320. The Kier molecular flexibility index (Phi) is 4.68. The molecular formula is C18H18FN3O. The molecule has 0 aliphatic heterocycles. The number of carbonyl (C=O) groups is 1. The van der Waals surface area contributed by atoms with E-state index in [1.807, 2.05) is 24.4 Å². The fourth-order valence-corrected chi connectivity index (χ4v) is 2.50. The van der Waals surface area contributed by atoms with Crippen molar-refractivity contribution in [2.24, 2.45) is 0 Å². The third-order valence-corrected chi connectivity index (χ3v) is 3.66. The molecule has 1 aromatic heterocycles. The molecule has 0 aliphatic carbocycles. The van der Waals surface area contributed by atoms with Gasteiger partial charge in [-0.05, 0) is 48.9 Å². The van der Waals surface area contributed by atoms with Crippen LogP contribution in [0.4, 0.5) is 10.1 Å². The molecule has 0 saturated carbocycles. The van der Waals surface area contributed by atoms with Crippen LogP contribution in [0.1, 0.15) is 5.56 Å². The minimum Gasteiger partial charge on any atom is -0.361 e. The quantitative estimate of drug-likeness (QED) is 0.613. The zero-order valence-electron chi connectivity index (χ0n) is 12.6. The number of aromatic amines is 1. The molecule has 4 nitrogen and oxygen atoms in total. The molecule has 23 heavy (non-hydrogen) atoms. The molecule has 0 fully saturated rings. The fourth-order valence-electron chi connectivity index (χ4n) is 2.50. The van der Waals surface area contributed by atoms with E-state index >= 15 is 0 Å². The minimum absolute atomic E-state index is 0.143. The SMILES string of the molecule is O=C(CNCCc1c[nH]c2ccccc12)Nc1ccc(F)cc1. The Labute approximate surface area is 133 Å². The lowest BCUT2D eigenvalue weighted by atomic mass is 10.1. The summed E-state index contributed by atoms with van der Waals surface area (Å²) < 4.78 is 12.8. The standard InChI is InChI=1S/C18H18FN3O/c19-14-5-7-15(8-6-14)22-18(23)12-20-10-9-13-11-21-17-4-2-1-3-16(13)17/h1-8,11,20-21H,9-10,12H2,(H,22,23). The summed E-state index contributed by atoms with van der Waals surface area (Å²) in [6.07, 6.45) is 2.85. The van der Waals surface area contributed by atoms with Crippen molar-refractivity contribution in [3.8, 4) is 0 Å². The molecule has 3 N–H and O–H groups in total. The molecule has 0 aliphatic rings. The molecule has 2 aromatic carbocycles. The van der Waals surface area contributed by atoms with Crippen LogP contribution >= 0.6 is 0 Å². The molecule has 0 spiro atoms. The highest BCUT2D eigenvalue weighted by atomic mass is 19.1. The van der Waals surface area contributed by atoms with Gasteiger partial charge < -0.3 is 15.6 Å². The van der Waals surface area contributed by atoms with Crippen molar-refractivity contribution >= 4 is 22.5 Å². The first-order valence-corrected chi connectivity index (χ1v) is 7.53. The van der Waals surface area contributed by atoms with Gasteiger partial charge in [0.05, 0.1) is 6.54 Å². The zero-order valence-corrected chi connectivity index (χ0v) is 12.6. The highest BCUT2D eigenvalue weighted by Crippen LogP contribution is 2.17. The average Bonchev–Trinajstić information content (AvgIpc) is 2.97. The Morgan fingerprint density at radius 1 is 1.09 bits per heavy atom. The third-order valence-electron chi connectivity index (χ3n) is 3.66. The lowest BCUT2D eigenvalue weighted by Gasteiger charge is -2.06. The Bertz CT molecular complexity index is 795. The number of rotatable bonds is 6. The highest BCUT2D eigenvalue weighted by Gasteiger charge is 2.04. The van der Waals surface area contributed by atoms with E-state index in [-0.39, 0.29) is 18.3 Å². The lowest BCUT2D eigenvalue weighted by molar-refractivity contribution is -0.115. The maximum Gasteiger partial charge on any atom is 0.238 e. The van der Waals surface area contributed by atoms with Crippen LogP contribution in [-0.4, -0.2) is 24.0 Å². The van der Waals surface area contributed by atoms with Crippen molar-refractivity contribution in [2.75, 3.05) is 18.4 Å². The Morgan fingerprint density at radius 3 is 2.70 bits per heavy atom. The van der Waals surface area contributed by atoms with Gasteiger partial charge in [0.15, 0.2) is 0 Å². The van der Waals surface area contributed by atoms with Gasteiger partial charge in [-0.25, -0.2) is 4.39 Å². The van der Waals surface area contributed by atoms with Crippen LogP contribution in [0.3, 0.4) is 0 Å². The summed E-state index contributed by atoms with van der Waals surface area (Å²) in [6, 6.07) is 13.9. The molecule has 3 aromatic rings. The van der Waals surface area contributed by atoms with Gasteiger partial charge in [0.1, 0.15) is 5.82 Å². The number of hydrogen-bond donors (Lipinski definition) is 3. The van der Waals surface area contributed by atoms with E-state index in [4.69, 9.17) is 0 Å². The van der Waals surface area contributed by atoms with Crippen LogP contribution in [0.15, 0.2) is 54.7 Å². The van der Waals surface area contributed by atoms with Gasteiger partial charge in [0, 0.05) is 22.8 Å². The Hall–Kier alpha value is -2.66. The van der Waals surface area contributed by atoms with E-state index < -0.39 is 0 Å². The number of aromatic nitrogens is 1. The van der Waals surface area contributed by atoms with Gasteiger partial charge in [0.2, 0.25) is 5.91 Å². The molecule has 3 rings (SSSR count). The van der Waals surface area contributed by atoms with Gasteiger partial charge in [0.25, 0.3) is 0 Å². The largest absolute Gasteiger partial charge is 0.361 e. The van der Waals surface area contributed by atoms with Crippen LogP contribution in [0, 0.1) is 5.82 Å². The summed E-state index contributed by atoms with van der Waals surface area (Å²) in [5.74, 6) is -0.463.